The molecule has 4 atom stereocenters. The van der Waals surface area contributed by atoms with E-state index in [9.17, 15) is 9.65 Å². The Labute approximate surface area is 189 Å². The van der Waals surface area contributed by atoms with Crippen molar-refractivity contribution >= 4 is 17.8 Å². The predicted octanol–water partition coefficient (Wildman–Crippen LogP) is 4.29. The molecule has 166 valence electrons. The van der Waals surface area contributed by atoms with Crippen LogP contribution in [0.3, 0.4) is 0 Å². The second-order valence-corrected chi connectivity index (χ2v) is 9.25. The second kappa shape index (κ2) is 8.99. The number of nitrogens with zero attached hydrogens (tertiary/aromatic N) is 4. The summed E-state index contributed by atoms with van der Waals surface area (Å²) >= 11 is 0. The van der Waals surface area contributed by atoms with Crippen LogP contribution >= 0.6 is 0 Å². The lowest BCUT2D eigenvalue weighted by Gasteiger charge is -2.28. The molecule has 6 heteroatoms. The monoisotopic (exact) mass is 432 g/mol. The van der Waals surface area contributed by atoms with Crippen LogP contribution in [0.4, 0.5) is 4.39 Å². The van der Waals surface area contributed by atoms with Gasteiger partial charge in [0.15, 0.2) is 0 Å². The number of likely N-dealkylation sites (tertiary alicyclic amines) is 1. The fourth-order valence-electron chi connectivity index (χ4n) is 5.27. The van der Waals surface area contributed by atoms with Gasteiger partial charge in [0.05, 0.1) is 24.2 Å². The number of fused-ring (bicyclic) bond motifs is 2. The molecule has 1 fully saturated rings. The van der Waals surface area contributed by atoms with Crippen LogP contribution in [0.5, 0.6) is 0 Å². The van der Waals surface area contributed by atoms with Gasteiger partial charge in [-0.05, 0) is 56.4 Å². The van der Waals surface area contributed by atoms with Crippen molar-refractivity contribution in [2.45, 2.75) is 56.8 Å². The fourth-order valence-corrected chi connectivity index (χ4v) is 5.27. The zero-order valence-corrected chi connectivity index (χ0v) is 18.5. The van der Waals surface area contributed by atoms with Gasteiger partial charge in [0, 0.05) is 35.9 Å². The van der Waals surface area contributed by atoms with Crippen LogP contribution in [0.25, 0.3) is 5.70 Å². The van der Waals surface area contributed by atoms with E-state index in [0.717, 1.165) is 24.1 Å². The summed E-state index contributed by atoms with van der Waals surface area (Å²) < 4.78 is 19.8. The van der Waals surface area contributed by atoms with Gasteiger partial charge in [-0.2, -0.15) is 5.26 Å². The van der Waals surface area contributed by atoms with E-state index < -0.39 is 6.17 Å². The minimum Gasteiger partial charge on any atom is -0.476 e. The van der Waals surface area contributed by atoms with Crippen molar-refractivity contribution in [3.05, 3.63) is 52.6 Å². The lowest BCUT2D eigenvalue weighted by molar-refractivity contribution is 0.188. The van der Waals surface area contributed by atoms with E-state index >= 15 is 0 Å². The van der Waals surface area contributed by atoms with Gasteiger partial charge in [-0.3, -0.25) is 9.89 Å². The lowest BCUT2D eigenvalue weighted by Crippen LogP contribution is -2.33. The van der Waals surface area contributed by atoms with E-state index in [2.05, 4.69) is 36.4 Å². The number of halogens is 1. The first-order chi connectivity index (χ1) is 15.6. The predicted molar refractivity (Wildman–Crippen MR) is 124 cm³/mol. The Morgan fingerprint density at radius 1 is 1.25 bits per heavy atom. The molecule has 5 nitrogen and oxygen atoms in total. The maximum absolute atomic E-state index is 13.7. The molecule has 3 aliphatic heterocycles. The van der Waals surface area contributed by atoms with Crippen LogP contribution in [0.15, 0.2) is 45.9 Å². The molecule has 5 rings (SSSR count). The van der Waals surface area contributed by atoms with Crippen LogP contribution in [-0.4, -0.2) is 55.5 Å². The summed E-state index contributed by atoms with van der Waals surface area (Å²) in [6.45, 7) is 0.822. The maximum atomic E-state index is 13.7. The highest BCUT2D eigenvalue weighted by Gasteiger charge is 2.32. The van der Waals surface area contributed by atoms with Gasteiger partial charge in [-0.25, -0.2) is 9.38 Å². The minimum absolute atomic E-state index is 0.0263. The first kappa shape index (κ1) is 21.1. The summed E-state index contributed by atoms with van der Waals surface area (Å²) in [6, 6.07) is 8.67. The molecule has 0 spiro atoms. The van der Waals surface area contributed by atoms with Gasteiger partial charge in [0.2, 0.25) is 5.90 Å². The van der Waals surface area contributed by atoms with Gasteiger partial charge in [0.1, 0.15) is 12.8 Å². The van der Waals surface area contributed by atoms with Gasteiger partial charge in [-0.15, -0.1) is 0 Å². The van der Waals surface area contributed by atoms with Crippen LogP contribution in [0.1, 0.15) is 42.4 Å². The number of dihydropyridines is 1. The Morgan fingerprint density at radius 3 is 2.94 bits per heavy atom. The van der Waals surface area contributed by atoms with Gasteiger partial charge < -0.3 is 4.74 Å². The zero-order chi connectivity index (χ0) is 22.1. The number of benzene rings is 1. The highest BCUT2D eigenvalue weighted by molar-refractivity contribution is 5.97. The van der Waals surface area contributed by atoms with Crippen LogP contribution in [0.2, 0.25) is 0 Å². The Balaban J connectivity index is 1.39. The number of nitriles is 1. The molecular weight excluding hydrogens is 403 g/mol. The average Bonchev–Trinajstić information content (AvgIpc) is 3.14. The summed E-state index contributed by atoms with van der Waals surface area (Å²) in [5.41, 5.74) is 5.84. The zero-order valence-electron chi connectivity index (χ0n) is 18.5. The maximum Gasteiger partial charge on any atom is 0.213 e. The Morgan fingerprint density at radius 2 is 2.12 bits per heavy atom. The number of hydrogen-bond donors (Lipinski definition) is 0. The summed E-state index contributed by atoms with van der Waals surface area (Å²) in [7, 11) is 1.92. The molecule has 3 heterocycles. The number of aliphatic imine (C=N–C) groups is 2. The third-order valence-electron chi connectivity index (χ3n) is 7.03. The number of hydrogen-bond acceptors (Lipinski definition) is 5. The summed E-state index contributed by atoms with van der Waals surface area (Å²) in [5.74, 6) is 0.544. The molecule has 0 amide bonds. The molecule has 0 bridgehead atoms. The third kappa shape index (κ3) is 4.14. The van der Waals surface area contributed by atoms with Crippen molar-refractivity contribution in [3.8, 4) is 6.07 Å². The number of aryl methyl sites for hydroxylation is 1. The van der Waals surface area contributed by atoms with Crippen molar-refractivity contribution < 1.29 is 9.13 Å². The fraction of sp³-hybridized carbons (Fsp3) is 0.500. The SMILES string of the molecule is CN1C[C@H](F)C[C@H]1COC1=NC2C=C(c3cccc4c3CCCC4)N=CC2C=C1CC#N. The number of alkyl halides is 1. The van der Waals surface area contributed by atoms with Crippen molar-refractivity contribution in [2.75, 3.05) is 20.2 Å². The van der Waals surface area contributed by atoms with Crippen LogP contribution in [0, 0.1) is 17.2 Å². The molecule has 1 aliphatic carbocycles. The van der Waals surface area contributed by atoms with E-state index in [1.165, 1.54) is 29.5 Å². The first-order valence-corrected chi connectivity index (χ1v) is 11.6. The highest BCUT2D eigenvalue weighted by atomic mass is 19.1. The quantitative estimate of drug-likeness (QED) is 0.713. The van der Waals surface area contributed by atoms with E-state index in [0.29, 0.717) is 25.5 Å². The Hall–Kier alpha value is -2.78. The smallest absolute Gasteiger partial charge is 0.213 e. The normalized spacial score (nSPS) is 29.3. The van der Waals surface area contributed by atoms with Crippen molar-refractivity contribution in [3.63, 3.8) is 0 Å². The minimum atomic E-state index is -0.808. The number of likely N-dealkylation sites (N-methyl/N-ethyl adjacent to an activating group) is 1. The van der Waals surface area contributed by atoms with E-state index in [1.54, 1.807) is 0 Å². The van der Waals surface area contributed by atoms with Crippen LogP contribution in [-0.2, 0) is 17.6 Å². The molecule has 2 unspecified atom stereocenters. The first-order valence-electron chi connectivity index (χ1n) is 11.6. The summed E-state index contributed by atoms with van der Waals surface area (Å²) in [5, 5.41) is 9.29. The molecule has 0 aromatic heterocycles. The third-order valence-corrected chi connectivity index (χ3v) is 7.03. The van der Waals surface area contributed by atoms with E-state index in [-0.39, 0.29) is 24.4 Å². The highest BCUT2D eigenvalue weighted by Crippen LogP contribution is 2.34. The summed E-state index contributed by atoms with van der Waals surface area (Å²) in [4.78, 5) is 11.7. The molecule has 0 saturated carbocycles. The standard InChI is InChI=1S/C26H29FN4O/c1-31-15-20(27)12-21(31)16-32-26-18(9-10-28)11-19-14-29-25(13-24(19)30-26)23-8-4-6-17-5-2-3-7-22(17)23/h4,6,8,11,13-14,19-21,24H,2-3,5,7,9,12,15-16H2,1H3/t19?,20-,21+,24?/m1/s1. The van der Waals surface area contributed by atoms with Gasteiger partial charge in [-0.1, -0.05) is 24.3 Å². The lowest BCUT2D eigenvalue weighted by atomic mass is 9.85. The average molecular weight is 433 g/mol. The van der Waals surface area contributed by atoms with Crippen LogP contribution < -0.4 is 0 Å². The van der Waals surface area contributed by atoms with Crippen molar-refractivity contribution in [1.82, 2.24) is 4.90 Å². The molecule has 1 saturated heterocycles. The van der Waals surface area contributed by atoms with Crippen molar-refractivity contribution in [2.24, 2.45) is 15.9 Å². The molecule has 4 aliphatic rings. The largest absolute Gasteiger partial charge is 0.476 e. The molecule has 1 aromatic rings. The number of ether oxygens (including phenoxy) is 1. The molecule has 0 N–H and O–H groups in total. The Bertz CT molecular complexity index is 1050. The van der Waals surface area contributed by atoms with E-state index in [4.69, 9.17) is 14.7 Å². The molecule has 1 aromatic carbocycles. The van der Waals surface area contributed by atoms with Gasteiger partial charge >= 0.3 is 0 Å². The number of rotatable bonds is 4. The topological polar surface area (TPSA) is 61.0 Å². The molecule has 0 radical (unpaired) electrons. The van der Waals surface area contributed by atoms with E-state index in [1.807, 2.05) is 18.2 Å². The summed E-state index contributed by atoms with van der Waals surface area (Å²) in [6.07, 6.45) is 10.8. The second-order valence-electron chi connectivity index (χ2n) is 9.25. The van der Waals surface area contributed by atoms with Gasteiger partial charge in [0.25, 0.3) is 0 Å². The Kier molecular flexibility index (Phi) is 5.93. The molecular formula is C26H29FN4O. The molecule has 32 heavy (non-hydrogen) atoms. The van der Waals surface area contributed by atoms with Crippen molar-refractivity contribution in [1.29, 1.82) is 5.26 Å².